The zero-order valence-electron chi connectivity index (χ0n) is 12.0. The average molecular weight is 322 g/mol. The summed E-state index contributed by atoms with van der Waals surface area (Å²) >= 11 is 7.89. The molecule has 0 aliphatic carbocycles. The Hall–Kier alpha value is -0.940. The van der Waals surface area contributed by atoms with E-state index in [1.165, 1.54) is 21.1 Å². The summed E-state index contributed by atoms with van der Waals surface area (Å²) in [6.45, 7) is 4.00. The van der Waals surface area contributed by atoms with Gasteiger partial charge in [0, 0.05) is 35.8 Å². The Morgan fingerprint density at radius 2 is 2.29 bits per heavy atom. The Bertz CT molecular complexity index is 611. The summed E-state index contributed by atoms with van der Waals surface area (Å²) in [5, 5.41) is 1.99. The van der Waals surface area contributed by atoms with Crippen LogP contribution < -0.4 is 5.73 Å². The third-order valence-electron chi connectivity index (χ3n) is 3.78. The summed E-state index contributed by atoms with van der Waals surface area (Å²) in [6, 6.07) is 8.04. The number of nitrogens with two attached hydrogens (primary N) is 1. The number of rotatable bonds is 5. The van der Waals surface area contributed by atoms with Gasteiger partial charge in [0.1, 0.15) is 0 Å². The lowest BCUT2D eigenvalue weighted by molar-refractivity contribution is 0.254. The monoisotopic (exact) mass is 321 g/mol. The second kappa shape index (κ2) is 6.88. The predicted molar refractivity (Wildman–Crippen MR) is 89.0 cm³/mol. The van der Waals surface area contributed by atoms with Crippen LogP contribution in [0.2, 0.25) is 5.02 Å². The quantitative estimate of drug-likeness (QED) is 0.920. The molecule has 0 spiro atoms. The number of nitrogens with zero attached hydrogens (tertiary/aromatic N) is 2. The molecule has 2 N–H and O–H groups in total. The predicted octanol–water partition coefficient (Wildman–Crippen LogP) is 3.09. The molecule has 21 heavy (non-hydrogen) atoms. The van der Waals surface area contributed by atoms with Crippen LogP contribution in [0.15, 0.2) is 24.3 Å². The van der Waals surface area contributed by atoms with Gasteiger partial charge in [0.15, 0.2) is 0 Å². The smallest absolute Gasteiger partial charge is 0.0975 e. The average Bonchev–Trinajstić information content (AvgIpc) is 2.86. The molecule has 3 rings (SSSR count). The van der Waals surface area contributed by atoms with Gasteiger partial charge in [0.25, 0.3) is 0 Å². The summed E-state index contributed by atoms with van der Waals surface area (Å²) < 4.78 is 0. The molecule has 1 aliphatic rings. The van der Waals surface area contributed by atoms with Crippen LogP contribution in [-0.4, -0.2) is 29.5 Å². The lowest BCUT2D eigenvalue weighted by Crippen LogP contribution is -2.31. The Balaban J connectivity index is 1.68. The Labute approximate surface area is 134 Å². The van der Waals surface area contributed by atoms with Crippen LogP contribution in [-0.2, 0) is 19.4 Å². The number of hydrogen-bond donors (Lipinski definition) is 1. The third-order valence-corrected chi connectivity index (χ3v) is 5.09. The summed E-state index contributed by atoms with van der Waals surface area (Å²) in [5.41, 5.74) is 8.12. The van der Waals surface area contributed by atoms with Gasteiger partial charge in [-0.1, -0.05) is 23.7 Å². The van der Waals surface area contributed by atoms with Crippen molar-refractivity contribution in [1.29, 1.82) is 0 Å². The van der Waals surface area contributed by atoms with E-state index >= 15 is 0 Å². The number of hydrogen-bond acceptors (Lipinski definition) is 4. The minimum Gasteiger partial charge on any atom is -0.330 e. The lowest BCUT2D eigenvalue weighted by Gasteiger charge is -2.25. The van der Waals surface area contributed by atoms with Gasteiger partial charge < -0.3 is 5.73 Å². The van der Waals surface area contributed by atoms with E-state index in [9.17, 15) is 0 Å². The first-order chi connectivity index (χ1) is 10.2. The fourth-order valence-electron chi connectivity index (χ4n) is 2.70. The molecule has 0 radical (unpaired) electrons. The number of benzene rings is 1. The van der Waals surface area contributed by atoms with Crippen LogP contribution in [0.5, 0.6) is 0 Å². The molecule has 1 aromatic heterocycles. The van der Waals surface area contributed by atoms with Crippen molar-refractivity contribution in [2.24, 2.45) is 5.73 Å². The van der Waals surface area contributed by atoms with Gasteiger partial charge in [0.2, 0.25) is 0 Å². The van der Waals surface area contributed by atoms with Gasteiger partial charge >= 0.3 is 0 Å². The molecule has 0 saturated heterocycles. The first-order valence-corrected chi connectivity index (χ1v) is 8.58. The number of fused-ring (bicyclic) bond motifs is 1. The highest BCUT2D eigenvalue weighted by molar-refractivity contribution is 7.11. The molecule has 0 atom stereocenters. The largest absolute Gasteiger partial charge is 0.330 e. The minimum absolute atomic E-state index is 0.770. The summed E-state index contributed by atoms with van der Waals surface area (Å²) in [6.07, 6.45) is 3.01. The first kappa shape index (κ1) is 15.0. The van der Waals surface area contributed by atoms with Crippen molar-refractivity contribution in [3.05, 3.63) is 50.4 Å². The van der Waals surface area contributed by atoms with E-state index in [0.29, 0.717) is 0 Å². The topological polar surface area (TPSA) is 42.1 Å². The molecule has 2 heterocycles. The van der Waals surface area contributed by atoms with Crippen LogP contribution in [0.25, 0.3) is 0 Å². The summed E-state index contributed by atoms with van der Waals surface area (Å²) in [5.74, 6) is 0. The molecule has 0 fully saturated rings. The molecule has 3 nitrogen and oxygen atoms in total. The fraction of sp³-hybridized carbons (Fsp3) is 0.438. The zero-order valence-corrected chi connectivity index (χ0v) is 13.6. The molecule has 0 saturated carbocycles. The second-order valence-electron chi connectivity index (χ2n) is 5.45. The molecule has 2 aromatic rings. The van der Waals surface area contributed by atoms with Crippen LogP contribution in [0.4, 0.5) is 0 Å². The van der Waals surface area contributed by atoms with Gasteiger partial charge in [-0.05, 0) is 37.2 Å². The van der Waals surface area contributed by atoms with E-state index < -0.39 is 0 Å². The maximum absolute atomic E-state index is 6.05. The van der Waals surface area contributed by atoms with Crippen molar-refractivity contribution in [2.45, 2.75) is 25.8 Å². The molecule has 5 heteroatoms. The van der Waals surface area contributed by atoms with E-state index in [1.54, 1.807) is 0 Å². The molecule has 112 valence electrons. The second-order valence-corrected chi connectivity index (χ2v) is 7.06. The Kier molecular flexibility index (Phi) is 4.91. The maximum Gasteiger partial charge on any atom is 0.0975 e. The Morgan fingerprint density at radius 3 is 3.10 bits per heavy atom. The third kappa shape index (κ3) is 3.83. The van der Waals surface area contributed by atoms with Crippen molar-refractivity contribution >= 4 is 22.9 Å². The highest BCUT2D eigenvalue weighted by Crippen LogP contribution is 2.27. The molecule has 0 unspecified atom stereocenters. The van der Waals surface area contributed by atoms with Crippen LogP contribution in [0.1, 0.15) is 27.6 Å². The van der Waals surface area contributed by atoms with E-state index in [4.69, 9.17) is 22.3 Å². The van der Waals surface area contributed by atoms with Crippen molar-refractivity contribution in [3.8, 4) is 0 Å². The van der Waals surface area contributed by atoms with Crippen molar-refractivity contribution in [1.82, 2.24) is 9.88 Å². The van der Waals surface area contributed by atoms with Crippen molar-refractivity contribution < 1.29 is 0 Å². The van der Waals surface area contributed by atoms with Gasteiger partial charge in [-0.25, -0.2) is 4.98 Å². The number of thiazole rings is 1. The summed E-state index contributed by atoms with van der Waals surface area (Å²) in [4.78, 5) is 8.72. The summed E-state index contributed by atoms with van der Waals surface area (Å²) in [7, 11) is 0. The first-order valence-electron chi connectivity index (χ1n) is 7.39. The van der Waals surface area contributed by atoms with Crippen molar-refractivity contribution in [2.75, 3.05) is 19.6 Å². The molecular weight excluding hydrogens is 302 g/mol. The van der Waals surface area contributed by atoms with E-state index in [1.807, 2.05) is 29.5 Å². The van der Waals surface area contributed by atoms with Gasteiger partial charge in [-0.3, -0.25) is 4.90 Å². The SMILES string of the molecule is NCCCN1CCc2nc(Cc3cccc(Cl)c3)sc2C1. The zero-order chi connectivity index (χ0) is 14.7. The molecular formula is C16H20ClN3S. The van der Waals surface area contributed by atoms with Gasteiger partial charge in [0.05, 0.1) is 10.7 Å². The molecule has 1 aromatic carbocycles. The van der Waals surface area contributed by atoms with Crippen LogP contribution in [0, 0.1) is 0 Å². The fourth-order valence-corrected chi connectivity index (χ4v) is 4.11. The van der Waals surface area contributed by atoms with Gasteiger partial charge in [-0.2, -0.15) is 0 Å². The molecule has 0 bridgehead atoms. The minimum atomic E-state index is 0.770. The lowest BCUT2D eigenvalue weighted by atomic mass is 10.1. The maximum atomic E-state index is 6.05. The highest BCUT2D eigenvalue weighted by atomic mass is 35.5. The van der Waals surface area contributed by atoms with Crippen molar-refractivity contribution in [3.63, 3.8) is 0 Å². The molecule has 1 aliphatic heterocycles. The Morgan fingerprint density at radius 1 is 1.38 bits per heavy atom. The van der Waals surface area contributed by atoms with E-state index in [2.05, 4.69) is 11.0 Å². The normalized spacial score (nSPS) is 15.1. The number of aromatic nitrogens is 1. The van der Waals surface area contributed by atoms with Crippen LogP contribution >= 0.6 is 22.9 Å². The highest BCUT2D eigenvalue weighted by Gasteiger charge is 2.20. The van der Waals surface area contributed by atoms with E-state index in [-0.39, 0.29) is 0 Å². The standard InChI is InChI=1S/C16H20ClN3S/c17-13-4-1-3-12(9-13)10-16-19-14-5-8-20(7-2-6-18)11-15(14)21-16/h1,3-4,9H,2,5-8,10-11,18H2. The molecule has 0 amide bonds. The van der Waals surface area contributed by atoms with E-state index in [0.717, 1.165) is 50.5 Å². The number of halogens is 1. The van der Waals surface area contributed by atoms with Crippen LogP contribution in [0.3, 0.4) is 0 Å². The van der Waals surface area contributed by atoms with Gasteiger partial charge in [-0.15, -0.1) is 11.3 Å².